The highest BCUT2D eigenvalue weighted by Gasteiger charge is 2.34. The molecule has 2 aliphatic rings. The first kappa shape index (κ1) is 17.8. The van der Waals surface area contributed by atoms with Crippen molar-refractivity contribution in [3.63, 3.8) is 0 Å². The third kappa shape index (κ3) is 3.00. The molecule has 1 aliphatic heterocycles. The third-order valence-corrected chi connectivity index (χ3v) is 5.26. The second kappa shape index (κ2) is 7.54. The Labute approximate surface area is 165 Å². The van der Waals surface area contributed by atoms with Crippen LogP contribution in [0.3, 0.4) is 0 Å². The summed E-state index contributed by atoms with van der Waals surface area (Å²) < 4.78 is 0. The fraction of sp³-hybridized carbons (Fsp3) is 0.120. The molecule has 4 rings (SSSR count). The molecule has 0 atom stereocenters. The largest absolute Gasteiger partial charge is 0.355 e. The number of hydrogen-bond acceptors (Lipinski definition) is 3. The number of nitrogens with zero attached hydrogens (tertiary/aromatic N) is 2. The van der Waals surface area contributed by atoms with Gasteiger partial charge in [0.15, 0.2) is 0 Å². The summed E-state index contributed by atoms with van der Waals surface area (Å²) in [5.41, 5.74) is 4.07. The zero-order valence-electron chi connectivity index (χ0n) is 15.8. The Morgan fingerprint density at radius 3 is 1.89 bits per heavy atom. The number of anilines is 1. The molecule has 1 heterocycles. The first-order chi connectivity index (χ1) is 13.8. The zero-order chi connectivity index (χ0) is 19.4. The van der Waals surface area contributed by atoms with E-state index in [1.54, 1.807) is 0 Å². The molecule has 2 aromatic rings. The first-order valence-corrected chi connectivity index (χ1v) is 9.46. The van der Waals surface area contributed by atoms with Gasteiger partial charge >= 0.3 is 0 Å². The van der Waals surface area contributed by atoms with Crippen molar-refractivity contribution < 1.29 is 0 Å². The average molecular weight is 363 g/mol. The number of nitriles is 1. The van der Waals surface area contributed by atoms with Crippen LogP contribution in [0.4, 0.5) is 5.82 Å². The molecule has 0 amide bonds. The molecule has 0 saturated heterocycles. The molecule has 1 N–H and O–H groups in total. The highest BCUT2D eigenvalue weighted by atomic mass is 15.1. The van der Waals surface area contributed by atoms with E-state index in [9.17, 15) is 5.26 Å². The van der Waals surface area contributed by atoms with E-state index in [4.69, 9.17) is 4.98 Å². The van der Waals surface area contributed by atoms with Crippen molar-refractivity contribution in [1.29, 1.82) is 5.26 Å². The molecule has 0 radical (unpaired) electrons. The molecule has 3 nitrogen and oxygen atoms in total. The van der Waals surface area contributed by atoms with Crippen molar-refractivity contribution in [2.45, 2.75) is 18.9 Å². The Kier molecular flexibility index (Phi) is 4.78. The van der Waals surface area contributed by atoms with Crippen LogP contribution in [0.5, 0.6) is 0 Å². The molecule has 1 aliphatic carbocycles. The second-order valence-corrected chi connectivity index (χ2v) is 6.77. The van der Waals surface area contributed by atoms with Gasteiger partial charge in [0.25, 0.3) is 0 Å². The van der Waals surface area contributed by atoms with Gasteiger partial charge in [-0.1, -0.05) is 91.9 Å². The van der Waals surface area contributed by atoms with Crippen molar-refractivity contribution in [3.8, 4) is 17.3 Å². The molecule has 0 unspecified atom stereocenters. The molecule has 0 fully saturated rings. The lowest BCUT2D eigenvalue weighted by atomic mass is 9.80. The van der Waals surface area contributed by atoms with Crippen LogP contribution in [0.15, 0.2) is 91.0 Å². The topological polar surface area (TPSA) is 48.7 Å². The van der Waals surface area contributed by atoms with Crippen LogP contribution >= 0.6 is 0 Å². The summed E-state index contributed by atoms with van der Waals surface area (Å²) in [4.78, 5) is 4.77. The van der Waals surface area contributed by atoms with Gasteiger partial charge in [0.1, 0.15) is 17.5 Å². The molecule has 0 bridgehead atoms. The Balaban J connectivity index is 1.92. The number of fused-ring (bicyclic) bond motifs is 1. The van der Waals surface area contributed by atoms with Gasteiger partial charge in [0, 0.05) is 5.56 Å². The summed E-state index contributed by atoms with van der Waals surface area (Å²) in [6.07, 6.45) is 0.808. The van der Waals surface area contributed by atoms with Crippen LogP contribution < -0.4 is 5.32 Å². The van der Waals surface area contributed by atoms with E-state index in [0.29, 0.717) is 11.4 Å². The van der Waals surface area contributed by atoms with Crippen molar-refractivity contribution in [1.82, 2.24) is 4.98 Å². The van der Waals surface area contributed by atoms with E-state index in [-0.39, 0.29) is 0 Å². The predicted molar refractivity (Wildman–Crippen MR) is 113 cm³/mol. The fourth-order valence-electron chi connectivity index (χ4n) is 3.81. The second-order valence-electron chi connectivity index (χ2n) is 6.77. The average Bonchev–Trinajstić information content (AvgIpc) is 2.91. The van der Waals surface area contributed by atoms with Crippen LogP contribution in [-0.4, -0.2) is 4.98 Å². The number of benzene rings is 2. The van der Waals surface area contributed by atoms with E-state index in [0.717, 1.165) is 28.8 Å². The van der Waals surface area contributed by atoms with Gasteiger partial charge in [-0.2, -0.15) is 5.26 Å². The Hall–Kier alpha value is -3.64. The van der Waals surface area contributed by atoms with Gasteiger partial charge in [-0.25, -0.2) is 4.98 Å². The summed E-state index contributed by atoms with van der Waals surface area (Å²) in [5.74, 6) is 0.623. The van der Waals surface area contributed by atoms with Crippen LogP contribution in [0.25, 0.3) is 11.3 Å². The van der Waals surface area contributed by atoms with Crippen LogP contribution in [0.2, 0.25) is 0 Å². The minimum Gasteiger partial charge on any atom is -0.355 e. The van der Waals surface area contributed by atoms with E-state index >= 15 is 0 Å². The predicted octanol–water partition coefficient (Wildman–Crippen LogP) is 5.82. The molecular weight excluding hydrogens is 342 g/mol. The van der Waals surface area contributed by atoms with Gasteiger partial charge in [-0.15, -0.1) is 0 Å². The molecule has 136 valence electrons. The maximum atomic E-state index is 9.87. The minimum atomic E-state index is -0.478. The van der Waals surface area contributed by atoms with Crippen molar-refractivity contribution in [2.75, 3.05) is 5.32 Å². The monoisotopic (exact) mass is 363 g/mol. The lowest BCUT2D eigenvalue weighted by molar-refractivity contribution is 0.564. The first-order valence-electron chi connectivity index (χ1n) is 9.46. The van der Waals surface area contributed by atoms with E-state index in [1.807, 2.05) is 66.7 Å². The van der Waals surface area contributed by atoms with E-state index in [1.165, 1.54) is 0 Å². The lowest BCUT2D eigenvalue weighted by Gasteiger charge is -2.35. The molecule has 0 aromatic heterocycles. The van der Waals surface area contributed by atoms with Crippen molar-refractivity contribution >= 4 is 5.82 Å². The number of rotatable bonds is 5. The fourth-order valence-corrected chi connectivity index (χ4v) is 3.81. The van der Waals surface area contributed by atoms with Crippen molar-refractivity contribution in [3.05, 3.63) is 108 Å². The summed E-state index contributed by atoms with van der Waals surface area (Å²) in [6.45, 7) is 2.15. The SMILES string of the molecule is CCC(Nc1nc2cccccc-2c1C#N)(c1ccccc1)c1ccccc1. The number of nitrogens with one attached hydrogen (secondary N) is 1. The summed E-state index contributed by atoms with van der Waals surface area (Å²) in [5, 5.41) is 13.5. The normalized spacial score (nSPS) is 11.1. The minimum absolute atomic E-state index is 0.478. The van der Waals surface area contributed by atoms with E-state index < -0.39 is 5.54 Å². The van der Waals surface area contributed by atoms with Gasteiger partial charge in [-0.3, -0.25) is 0 Å². The van der Waals surface area contributed by atoms with Gasteiger partial charge in [0.05, 0.1) is 11.2 Å². The highest BCUT2D eigenvalue weighted by Crippen LogP contribution is 2.39. The van der Waals surface area contributed by atoms with Crippen molar-refractivity contribution in [2.24, 2.45) is 0 Å². The van der Waals surface area contributed by atoms with Crippen LogP contribution in [0.1, 0.15) is 30.0 Å². The maximum absolute atomic E-state index is 9.87. The lowest BCUT2D eigenvalue weighted by Crippen LogP contribution is -2.36. The summed E-state index contributed by atoms with van der Waals surface area (Å²) in [6, 6.07) is 32.8. The quantitative estimate of drug-likeness (QED) is 0.486. The third-order valence-electron chi connectivity index (χ3n) is 5.26. The zero-order valence-corrected chi connectivity index (χ0v) is 15.8. The van der Waals surface area contributed by atoms with Crippen LogP contribution in [0, 0.1) is 11.3 Å². The molecule has 28 heavy (non-hydrogen) atoms. The van der Waals surface area contributed by atoms with E-state index in [2.05, 4.69) is 42.6 Å². The Morgan fingerprint density at radius 2 is 1.36 bits per heavy atom. The molecule has 0 spiro atoms. The standard InChI is InChI=1S/C25H21N3/c1-2-25(19-12-6-3-7-13-19,20-14-8-4-9-15-20)28-24-22(18-26)21-16-10-5-11-17-23(21)27-24/h3-17H,2H2,1H3,(H,27,28). The highest BCUT2D eigenvalue weighted by molar-refractivity contribution is 5.78. The molecule has 0 saturated carbocycles. The Morgan fingerprint density at radius 1 is 0.821 bits per heavy atom. The van der Waals surface area contributed by atoms with Gasteiger partial charge in [0.2, 0.25) is 0 Å². The molecule has 2 aromatic carbocycles. The van der Waals surface area contributed by atoms with Gasteiger partial charge < -0.3 is 5.32 Å². The van der Waals surface area contributed by atoms with Crippen LogP contribution in [-0.2, 0) is 5.54 Å². The van der Waals surface area contributed by atoms with Gasteiger partial charge in [-0.05, 0) is 23.6 Å². The number of hydrogen-bond donors (Lipinski definition) is 1. The molecule has 3 heteroatoms. The smallest absolute Gasteiger partial charge is 0.146 e. The number of aromatic nitrogens is 1. The molecular formula is C25H21N3. The summed E-state index contributed by atoms with van der Waals surface area (Å²) >= 11 is 0. The summed E-state index contributed by atoms with van der Waals surface area (Å²) in [7, 11) is 0. The maximum Gasteiger partial charge on any atom is 0.146 e. The Bertz CT molecular complexity index is 1040.